The standard InChI is InChI=1S/C19H19FN4O4S/c1-13-6-8-14(9-7-13)19-22-18(28-23-19)11-21-17(25)12-24(29(2,26)27)16-5-3-4-15(20)10-16/h3-10H,11-12H2,1-2H3,(H,21,25). The molecular formula is C19H19FN4O4S. The van der Waals surface area contributed by atoms with Gasteiger partial charge in [-0.05, 0) is 25.1 Å². The molecule has 1 aromatic heterocycles. The Bertz CT molecular complexity index is 1110. The summed E-state index contributed by atoms with van der Waals surface area (Å²) < 4.78 is 43.4. The van der Waals surface area contributed by atoms with Crippen LogP contribution in [-0.4, -0.2) is 37.3 Å². The number of carbonyl (C=O) groups is 1. The minimum absolute atomic E-state index is 0.0575. The van der Waals surface area contributed by atoms with Crippen molar-refractivity contribution in [1.29, 1.82) is 0 Å². The van der Waals surface area contributed by atoms with E-state index in [1.807, 2.05) is 31.2 Å². The molecule has 10 heteroatoms. The van der Waals surface area contributed by atoms with E-state index in [9.17, 15) is 17.6 Å². The van der Waals surface area contributed by atoms with Crippen molar-refractivity contribution in [3.05, 3.63) is 65.8 Å². The number of hydrogen-bond acceptors (Lipinski definition) is 6. The van der Waals surface area contributed by atoms with Crippen molar-refractivity contribution in [2.24, 2.45) is 0 Å². The van der Waals surface area contributed by atoms with Crippen LogP contribution in [0, 0.1) is 12.7 Å². The van der Waals surface area contributed by atoms with E-state index in [-0.39, 0.29) is 18.1 Å². The Morgan fingerprint density at radius 3 is 2.59 bits per heavy atom. The zero-order valence-corrected chi connectivity index (χ0v) is 16.6. The summed E-state index contributed by atoms with van der Waals surface area (Å²) in [6, 6.07) is 12.5. The van der Waals surface area contributed by atoms with Gasteiger partial charge in [-0.1, -0.05) is 41.1 Å². The van der Waals surface area contributed by atoms with Gasteiger partial charge in [0.1, 0.15) is 12.4 Å². The molecule has 0 bridgehead atoms. The van der Waals surface area contributed by atoms with Crippen molar-refractivity contribution >= 4 is 21.6 Å². The lowest BCUT2D eigenvalue weighted by molar-refractivity contribution is -0.119. The van der Waals surface area contributed by atoms with E-state index in [1.165, 1.54) is 18.2 Å². The van der Waals surface area contributed by atoms with Gasteiger partial charge in [0.2, 0.25) is 27.6 Å². The van der Waals surface area contributed by atoms with Crippen LogP contribution < -0.4 is 9.62 Å². The summed E-state index contributed by atoms with van der Waals surface area (Å²) in [5.41, 5.74) is 1.92. The first kappa shape index (κ1) is 20.5. The number of amides is 1. The zero-order valence-electron chi connectivity index (χ0n) is 15.8. The van der Waals surface area contributed by atoms with Crippen LogP contribution in [0.1, 0.15) is 11.5 Å². The highest BCUT2D eigenvalue weighted by Crippen LogP contribution is 2.19. The van der Waals surface area contributed by atoms with Gasteiger partial charge < -0.3 is 9.84 Å². The fourth-order valence-corrected chi connectivity index (χ4v) is 3.39. The van der Waals surface area contributed by atoms with Gasteiger partial charge in [0.15, 0.2) is 0 Å². The number of benzene rings is 2. The molecule has 152 valence electrons. The molecule has 0 fully saturated rings. The lowest BCUT2D eigenvalue weighted by atomic mass is 10.1. The average Bonchev–Trinajstić information content (AvgIpc) is 3.13. The number of hydrogen-bond donors (Lipinski definition) is 1. The van der Waals surface area contributed by atoms with E-state index in [2.05, 4.69) is 15.5 Å². The molecule has 1 heterocycles. The van der Waals surface area contributed by atoms with Gasteiger partial charge in [0.05, 0.1) is 18.5 Å². The first-order chi connectivity index (χ1) is 13.7. The first-order valence-corrected chi connectivity index (χ1v) is 10.5. The monoisotopic (exact) mass is 418 g/mol. The molecule has 0 spiro atoms. The summed E-state index contributed by atoms with van der Waals surface area (Å²) in [6.45, 7) is 1.38. The third-order valence-electron chi connectivity index (χ3n) is 4.00. The van der Waals surface area contributed by atoms with Crippen LogP contribution >= 0.6 is 0 Å². The lowest BCUT2D eigenvalue weighted by Crippen LogP contribution is -2.40. The van der Waals surface area contributed by atoms with Gasteiger partial charge in [0.25, 0.3) is 0 Å². The third kappa shape index (κ3) is 5.38. The number of carbonyl (C=O) groups excluding carboxylic acids is 1. The number of aromatic nitrogens is 2. The molecule has 0 aliphatic rings. The van der Waals surface area contributed by atoms with Crippen LogP contribution in [0.2, 0.25) is 0 Å². The molecule has 0 saturated carbocycles. The Balaban J connectivity index is 1.65. The summed E-state index contributed by atoms with van der Waals surface area (Å²) in [7, 11) is -3.79. The summed E-state index contributed by atoms with van der Waals surface area (Å²) in [6.07, 6.45) is 0.942. The SMILES string of the molecule is Cc1ccc(-c2noc(CNC(=O)CN(c3cccc(F)c3)S(C)(=O)=O)n2)cc1. The normalized spacial score (nSPS) is 11.3. The first-order valence-electron chi connectivity index (χ1n) is 8.62. The summed E-state index contributed by atoms with van der Waals surface area (Å²) in [5.74, 6) is -0.654. The number of nitrogens with zero attached hydrogens (tertiary/aromatic N) is 3. The lowest BCUT2D eigenvalue weighted by Gasteiger charge is -2.21. The van der Waals surface area contributed by atoms with E-state index in [0.717, 1.165) is 27.8 Å². The molecule has 3 aromatic rings. The highest BCUT2D eigenvalue weighted by atomic mass is 32.2. The minimum Gasteiger partial charge on any atom is -0.345 e. The maximum absolute atomic E-state index is 13.4. The van der Waals surface area contributed by atoms with Gasteiger partial charge in [-0.25, -0.2) is 12.8 Å². The Morgan fingerprint density at radius 1 is 1.21 bits per heavy atom. The predicted octanol–water partition coefficient (Wildman–Crippen LogP) is 2.27. The van der Waals surface area contributed by atoms with E-state index in [4.69, 9.17) is 4.52 Å². The zero-order chi connectivity index (χ0) is 21.0. The third-order valence-corrected chi connectivity index (χ3v) is 5.14. The van der Waals surface area contributed by atoms with E-state index >= 15 is 0 Å². The van der Waals surface area contributed by atoms with Crippen LogP contribution in [0.3, 0.4) is 0 Å². The van der Waals surface area contributed by atoms with E-state index in [1.54, 1.807) is 0 Å². The smallest absolute Gasteiger partial charge is 0.246 e. The molecule has 0 saturated heterocycles. The van der Waals surface area contributed by atoms with E-state index < -0.39 is 28.3 Å². The molecule has 0 radical (unpaired) electrons. The molecule has 2 aromatic carbocycles. The van der Waals surface area contributed by atoms with Crippen molar-refractivity contribution < 1.29 is 22.1 Å². The van der Waals surface area contributed by atoms with E-state index in [0.29, 0.717) is 5.82 Å². The van der Waals surface area contributed by atoms with Gasteiger partial charge in [-0.3, -0.25) is 9.10 Å². The molecule has 8 nitrogen and oxygen atoms in total. The van der Waals surface area contributed by atoms with Gasteiger partial charge in [-0.2, -0.15) is 4.98 Å². The number of aryl methyl sites for hydroxylation is 1. The van der Waals surface area contributed by atoms with Crippen molar-refractivity contribution in [3.63, 3.8) is 0 Å². The van der Waals surface area contributed by atoms with Crippen molar-refractivity contribution in [1.82, 2.24) is 15.5 Å². The Labute approximate surface area is 167 Å². The summed E-state index contributed by atoms with van der Waals surface area (Å²) in [4.78, 5) is 16.5. The fraction of sp³-hybridized carbons (Fsp3) is 0.211. The van der Waals surface area contributed by atoms with Crippen LogP contribution in [0.4, 0.5) is 10.1 Å². The molecule has 0 unspecified atom stereocenters. The second-order valence-corrected chi connectivity index (χ2v) is 8.31. The fourth-order valence-electron chi connectivity index (χ4n) is 2.54. The van der Waals surface area contributed by atoms with Gasteiger partial charge in [-0.15, -0.1) is 0 Å². The molecule has 0 aliphatic heterocycles. The Kier molecular flexibility index (Phi) is 5.92. The topological polar surface area (TPSA) is 105 Å². The molecule has 1 N–H and O–H groups in total. The number of anilines is 1. The maximum Gasteiger partial charge on any atom is 0.246 e. The average molecular weight is 418 g/mol. The van der Waals surface area contributed by atoms with Crippen LogP contribution in [0.25, 0.3) is 11.4 Å². The maximum atomic E-state index is 13.4. The van der Waals surface area contributed by atoms with Crippen LogP contribution in [0.5, 0.6) is 0 Å². The summed E-state index contributed by atoms with van der Waals surface area (Å²) >= 11 is 0. The number of rotatable bonds is 7. The molecule has 29 heavy (non-hydrogen) atoms. The second kappa shape index (κ2) is 8.39. The van der Waals surface area contributed by atoms with Crippen LogP contribution in [0.15, 0.2) is 53.1 Å². The number of sulfonamides is 1. The Morgan fingerprint density at radius 2 is 1.93 bits per heavy atom. The van der Waals surface area contributed by atoms with Crippen molar-refractivity contribution in [2.75, 3.05) is 17.1 Å². The molecule has 3 rings (SSSR count). The molecule has 1 amide bonds. The number of nitrogens with one attached hydrogen (secondary N) is 1. The summed E-state index contributed by atoms with van der Waals surface area (Å²) in [5, 5.41) is 6.39. The number of halogens is 1. The molecular weight excluding hydrogens is 399 g/mol. The highest BCUT2D eigenvalue weighted by molar-refractivity contribution is 7.92. The largest absolute Gasteiger partial charge is 0.345 e. The second-order valence-electron chi connectivity index (χ2n) is 6.40. The van der Waals surface area contributed by atoms with Crippen LogP contribution in [-0.2, 0) is 21.4 Å². The quantitative estimate of drug-likeness (QED) is 0.631. The molecule has 0 atom stereocenters. The minimum atomic E-state index is -3.79. The highest BCUT2D eigenvalue weighted by Gasteiger charge is 2.21. The van der Waals surface area contributed by atoms with Crippen molar-refractivity contribution in [2.45, 2.75) is 13.5 Å². The predicted molar refractivity (Wildman–Crippen MR) is 105 cm³/mol. The van der Waals surface area contributed by atoms with Gasteiger partial charge >= 0.3 is 0 Å². The molecule has 0 aliphatic carbocycles. The van der Waals surface area contributed by atoms with Crippen molar-refractivity contribution in [3.8, 4) is 11.4 Å². The Hall–Kier alpha value is -3.27. The van der Waals surface area contributed by atoms with Gasteiger partial charge in [0, 0.05) is 5.56 Å².